The number of hydrogen-bond acceptors (Lipinski definition) is 9. The number of ketones is 2. The normalized spacial score (nSPS) is 17.5. The van der Waals surface area contributed by atoms with Crippen LogP contribution in [0.2, 0.25) is 0 Å². The van der Waals surface area contributed by atoms with Crippen LogP contribution >= 0.6 is 35.3 Å². The molecule has 2 heterocycles. The van der Waals surface area contributed by atoms with E-state index in [1.165, 1.54) is 9.79 Å². The number of morpholine rings is 2. The minimum Gasteiger partial charge on any atom is -0.379 e. The summed E-state index contributed by atoms with van der Waals surface area (Å²) in [6.07, 6.45) is 0. The smallest absolute Gasteiger partial charge is 0.182 e. The van der Waals surface area contributed by atoms with E-state index in [2.05, 4.69) is 34.1 Å². The molecule has 2 aliphatic rings. The van der Waals surface area contributed by atoms with E-state index in [-0.39, 0.29) is 11.6 Å². The SMILES string of the molecule is CC(C)(C(=O)c1ccc(SCCSCCSc2ccc(C(=O)C(C)(C)N3CCOCC3)cc2)cc1)N1CCOCC1. The summed E-state index contributed by atoms with van der Waals surface area (Å²) in [7, 11) is 0. The van der Waals surface area contributed by atoms with Gasteiger partial charge < -0.3 is 9.47 Å². The summed E-state index contributed by atoms with van der Waals surface area (Å²) in [6, 6.07) is 16.2. The lowest BCUT2D eigenvalue weighted by Gasteiger charge is -2.39. The molecule has 0 aliphatic carbocycles. The Morgan fingerprint density at radius 1 is 0.610 bits per heavy atom. The third kappa shape index (κ3) is 8.85. The molecule has 2 fully saturated rings. The zero-order chi connectivity index (χ0) is 29.3. The van der Waals surface area contributed by atoms with Crippen LogP contribution in [0.3, 0.4) is 0 Å². The Hall–Kier alpha value is -1.33. The van der Waals surface area contributed by atoms with Gasteiger partial charge in [-0.3, -0.25) is 19.4 Å². The number of Topliss-reactive ketones (excluding diaryl/α,β-unsaturated/α-hetero) is 2. The van der Waals surface area contributed by atoms with Crippen molar-refractivity contribution in [2.24, 2.45) is 0 Å². The Balaban J connectivity index is 1.12. The van der Waals surface area contributed by atoms with Gasteiger partial charge in [0, 0.05) is 70.1 Å². The third-order valence-electron chi connectivity index (χ3n) is 7.94. The maximum atomic E-state index is 13.2. The average molecular weight is 617 g/mol. The van der Waals surface area contributed by atoms with E-state index in [0.29, 0.717) is 26.4 Å². The Labute approximate surface area is 258 Å². The van der Waals surface area contributed by atoms with Crippen LogP contribution < -0.4 is 0 Å². The highest BCUT2D eigenvalue weighted by Crippen LogP contribution is 2.27. The van der Waals surface area contributed by atoms with Crippen molar-refractivity contribution in [2.45, 2.75) is 48.6 Å². The van der Waals surface area contributed by atoms with Gasteiger partial charge in [0.05, 0.1) is 37.5 Å². The fourth-order valence-electron chi connectivity index (χ4n) is 5.18. The number of ether oxygens (including phenoxy) is 2. The molecule has 6 nitrogen and oxygen atoms in total. The van der Waals surface area contributed by atoms with E-state index < -0.39 is 11.1 Å². The van der Waals surface area contributed by atoms with Crippen molar-refractivity contribution >= 4 is 46.9 Å². The van der Waals surface area contributed by atoms with Crippen LogP contribution in [-0.2, 0) is 9.47 Å². The van der Waals surface area contributed by atoms with Crippen molar-refractivity contribution in [3.05, 3.63) is 59.7 Å². The Morgan fingerprint density at radius 2 is 0.951 bits per heavy atom. The van der Waals surface area contributed by atoms with Crippen LogP contribution in [0.25, 0.3) is 0 Å². The van der Waals surface area contributed by atoms with Gasteiger partial charge in [0.1, 0.15) is 0 Å². The highest BCUT2D eigenvalue weighted by molar-refractivity contribution is 8.04. The molecule has 0 atom stereocenters. The number of nitrogens with zero attached hydrogens (tertiary/aromatic N) is 2. The fraction of sp³-hybridized carbons (Fsp3) is 0.562. The second kappa shape index (κ2) is 15.4. The first-order chi connectivity index (χ1) is 19.7. The number of thioether (sulfide) groups is 3. The summed E-state index contributed by atoms with van der Waals surface area (Å²) in [5.41, 5.74) is 0.504. The highest BCUT2D eigenvalue weighted by atomic mass is 32.2. The summed E-state index contributed by atoms with van der Waals surface area (Å²) in [5.74, 6) is 4.58. The van der Waals surface area contributed by atoms with Crippen molar-refractivity contribution < 1.29 is 19.1 Å². The number of rotatable bonds is 14. The van der Waals surface area contributed by atoms with E-state index in [9.17, 15) is 9.59 Å². The van der Waals surface area contributed by atoms with Crippen LogP contribution in [0.15, 0.2) is 58.3 Å². The number of carbonyl (C=O) groups is 2. The van der Waals surface area contributed by atoms with Gasteiger partial charge in [-0.15, -0.1) is 23.5 Å². The van der Waals surface area contributed by atoms with Crippen molar-refractivity contribution in [3.63, 3.8) is 0 Å². The van der Waals surface area contributed by atoms with E-state index in [0.717, 1.165) is 60.3 Å². The van der Waals surface area contributed by atoms with Crippen molar-refractivity contribution in [1.29, 1.82) is 0 Å². The topological polar surface area (TPSA) is 59.1 Å². The van der Waals surface area contributed by atoms with Gasteiger partial charge in [0.25, 0.3) is 0 Å². The Kier molecular flexibility index (Phi) is 12.2. The predicted molar refractivity (Wildman–Crippen MR) is 173 cm³/mol. The second-order valence-corrected chi connectivity index (χ2v) is 14.9. The molecule has 4 rings (SSSR count). The quantitative estimate of drug-likeness (QED) is 0.147. The zero-order valence-corrected chi connectivity index (χ0v) is 27.3. The molecule has 0 saturated carbocycles. The average Bonchev–Trinajstić information content (AvgIpc) is 3.01. The van der Waals surface area contributed by atoms with Crippen LogP contribution in [-0.4, -0.2) is 108 Å². The molecule has 224 valence electrons. The molecule has 9 heteroatoms. The zero-order valence-electron chi connectivity index (χ0n) is 24.9. The predicted octanol–water partition coefficient (Wildman–Crippen LogP) is 5.89. The molecule has 0 unspecified atom stereocenters. The maximum absolute atomic E-state index is 13.2. The van der Waals surface area contributed by atoms with Gasteiger partial charge in [0.15, 0.2) is 11.6 Å². The molecule has 0 N–H and O–H groups in total. The molecule has 0 amide bonds. The lowest BCUT2D eigenvalue weighted by atomic mass is 9.91. The number of hydrogen-bond donors (Lipinski definition) is 0. The largest absolute Gasteiger partial charge is 0.379 e. The van der Waals surface area contributed by atoms with E-state index in [1.54, 1.807) is 0 Å². The summed E-state index contributed by atoms with van der Waals surface area (Å²) in [5, 5.41) is 0. The van der Waals surface area contributed by atoms with Crippen LogP contribution in [0, 0.1) is 0 Å². The molecule has 0 aromatic heterocycles. The summed E-state index contributed by atoms with van der Waals surface area (Å²) >= 11 is 5.64. The van der Waals surface area contributed by atoms with Crippen LogP contribution in [0.1, 0.15) is 48.4 Å². The summed E-state index contributed by atoms with van der Waals surface area (Å²) in [6.45, 7) is 14.0. The molecule has 2 aromatic rings. The van der Waals surface area contributed by atoms with Crippen LogP contribution in [0.5, 0.6) is 0 Å². The molecule has 0 spiro atoms. The lowest BCUT2D eigenvalue weighted by Crippen LogP contribution is -2.54. The first kappa shape index (κ1) is 32.6. The van der Waals surface area contributed by atoms with Gasteiger partial charge in [-0.05, 0) is 52.0 Å². The number of carbonyl (C=O) groups excluding carboxylic acids is 2. The molecule has 2 aliphatic heterocycles. The van der Waals surface area contributed by atoms with Gasteiger partial charge in [-0.1, -0.05) is 24.3 Å². The van der Waals surface area contributed by atoms with Crippen molar-refractivity contribution in [1.82, 2.24) is 9.80 Å². The van der Waals surface area contributed by atoms with Crippen molar-refractivity contribution in [2.75, 3.05) is 75.6 Å². The van der Waals surface area contributed by atoms with E-state index >= 15 is 0 Å². The van der Waals surface area contributed by atoms with Gasteiger partial charge in [-0.2, -0.15) is 11.8 Å². The molecular formula is C32H44N2O4S3. The lowest BCUT2D eigenvalue weighted by molar-refractivity contribution is -0.00443. The minimum absolute atomic E-state index is 0.169. The third-order valence-corrected chi connectivity index (χ3v) is 11.5. The highest BCUT2D eigenvalue weighted by Gasteiger charge is 2.37. The van der Waals surface area contributed by atoms with Gasteiger partial charge in [0.2, 0.25) is 0 Å². The summed E-state index contributed by atoms with van der Waals surface area (Å²) in [4.78, 5) is 33.2. The van der Waals surface area contributed by atoms with Crippen molar-refractivity contribution in [3.8, 4) is 0 Å². The summed E-state index contributed by atoms with van der Waals surface area (Å²) < 4.78 is 10.9. The van der Waals surface area contributed by atoms with Crippen LogP contribution in [0.4, 0.5) is 0 Å². The van der Waals surface area contributed by atoms with Gasteiger partial charge in [-0.25, -0.2) is 0 Å². The second-order valence-electron chi connectivity index (χ2n) is 11.3. The van der Waals surface area contributed by atoms with E-state index in [4.69, 9.17) is 9.47 Å². The molecule has 0 radical (unpaired) electrons. The molecular weight excluding hydrogens is 573 g/mol. The Bertz CT molecular complexity index is 1040. The monoisotopic (exact) mass is 616 g/mol. The number of benzene rings is 2. The molecule has 41 heavy (non-hydrogen) atoms. The van der Waals surface area contributed by atoms with Gasteiger partial charge >= 0.3 is 0 Å². The Morgan fingerprint density at radius 3 is 1.29 bits per heavy atom. The van der Waals surface area contributed by atoms with E-state index in [1.807, 2.05) is 87.2 Å². The first-order valence-corrected chi connectivity index (χ1v) is 17.6. The first-order valence-electron chi connectivity index (χ1n) is 14.5. The molecule has 2 aromatic carbocycles. The standard InChI is InChI=1S/C32H44N2O4S3/c1-31(2,33-13-17-37-18-14-33)29(35)25-5-9-27(10-6-25)40-23-21-39-22-24-41-28-11-7-26(8-12-28)30(36)32(3,4)34-15-19-38-20-16-34/h5-12H,13-24H2,1-4H3. The minimum atomic E-state index is -0.521. The molecule has 2 saturated heterocycles. The maximum Gasteiger partial charge on any atom is 0.182 e. The fourth-order valence-corrected chi connectivity index (χ4v) is 8.12. The molecule has 0 bridgehead atoms.